The molecule has 0 aliphatic heterocycles. The molecule has 1 aliphatic rings. The van der Waals surface area contributed by atoms with Gasteiger partial charge in [0.15, 0.2) is 0 Å². The molecular weight excluding hydrogens is 352 g/mol. The van der Waals surface area contributed by atoms with Crippen molar-refractivity contribution < 1.29 is 13.6 Å². The first-order chi connectivity index (χ1) is 13.0. The first-order valence-corrected chi connectivity index (χ1v) is 9.07. The summed E-state index contributed by atoms with van der Waals surface area (Å²) in [6.45, 7) is 0. The van der Waals surface area contributed by atoms with Gasteiger partial charge in [0.05, 0.1) is 0 Å². The number of pyridine rings is 1. The van der Waals surface area contributed by atoms with E-state index in [0.29, 0.717) is 6.04 Å². The molecule has 6 nitrogen and oxygen atoms in total. The molecule has 0 radical (unpaired) electrons. The van der Waals surface area contributed by atoms with Gasteiger partial charge < -0.3 is 9.88 Å². The van der Waals surface area contributed by atoms with Crippen LogP contribution in [0.15, 0.2) is 36.7 Å². The van der Waals surface area contributed by atoms with Crippen molar-refractivity contribution in [3.05, 3.63) is 48.0 Å². The molecule has 1 fully saturated rings. The van der Waals surface area contributed by atoms with Gasteiger partial charge in [-0.15, -0.1) is 0 Å². The van der Waals surface area contributed by atoms with E-state index in [0.717, 1.165) is 42.8 Å². The van der Waals surface area contributed by atoms with E-state index < -0.39 is 6.43 Å². The first kappa shape index (κ1) is 17.6. The normalized spacial score (nSPS) is 20.3. The van der Waals surface area contributed by atoms with Gasteiger partial charge in [-0.3, -0.25) is 9.48 Å². The predicted molar refractivity (Wildman–Crippen MR) is 96.7 cm³/mol. The van der Waals surface area contributed by atoms with Crippen LogP contribution in [0.4, 0.5) is 8.78 Å². The van der Waals surface area contributed by atoms with Crippen LogP contribution in [0.2, 0.25) is 0 Å². The first-order valence-electron chi connectivity index (χ1n) is 9.07. The number of nitrogens with one attached hydrogen (secondary N) is 1. The van der Waals surface area contributed by atoms with E-state index in [2.05, 4.69) is 32.2 Å². The third-order valence-corrected chi connectivity index (χ3v) is 5.26. The monoisotopic (exact) mass is 373 g/mol. The molecule has 0 unspecified atom stereocenters. The molecule has 1 N–H and O–H groups in total. The molecule has 1 saturated carbocycles. The van der Waals surface area contributed by atoms with Gasteiger partial charge >= 0.3 is 0 Å². The summed E-state index contributed by atoms with van der Waals surface area (Å²) >= 11 is 0. The van der Waals surface area contributed by atoms with Crippen LogP contribution in [0.25, 0.3) is 11.0 Å². The van der Waals surface area contributed by atoms with Gasteiger partial charge in [0.1, 0.15) is 17.0 Å². The summed E-state index contributed by atoms with van der Waals surface area (Å²) < 4.78 is 28.9. The van der Waals surface area contributed by atoms with Gasteiger partial charge in [0.25, 0.3) is 12.3 Å². The Bertz CT molecular complexity index is 956. The fourth-order valence-corrected chi connectivity index (χ4v) is 3.85. The molecule has 0 spiro atoms. The summed E-state index contributed by atoms with van der Waals surface area (Å²) in [5, 5.41) is 7.78. The van der Waals surface area contributed by atoms with Crippen LogP contribution in [-0.4, -0.2) is 31.3 Å². The average Bonchev–Trinajstić information content (AvgIpc) is 3.26. The Balaban J connectivity index is 1.39. The second-order valence-electron chi connectivity index (χ2n) is 7.00. The Morgan fingerprint density at radius 2 is 2.04 bits per heavy atom. The Morgan fingerprint density at radius 3 is 2.74 bits per heavy atom. The molecule has 1 aliphatic carbocycles. The summed E-state index contributed by atoms with van der Waals surface area (Å²) in [6.07, 6.45) is 4.72. The Morgan fingerprint density at radius 1 is 1.26 bits per heavy atom. The number of carbonyl (C=O) groups is 1. The van der Waals surface area contributed by atoms with Crippen molar-refractivity contribution in [2.75, 3.05) is 0 Å². The fraction of sp³-hybridized carbons (Fsp3) is 0.421. The molecule has 0 bridgehead atoms. The lowest BCUT2D eigenvalue weighted by Crippen LogP contribution is -2.38. The maximum atomic E-state index is 12.8. The fourth-order valence-electron chi connectivity index (χ4n) is 3.85. The summed E-state index contributed by atoms with van der Waals surface area (Å²) in [7, 11) is 1.50. The molecule has 0 aromatic carbocycles. The topological polar surface area (TPSA) is 64.7 Å². The number of hydrogen-bond donors (Lipinski definition) is 1. The summed E-state index contributed by atoms with van der Waals surface area (Å²) in [4.78, 5) is 16.9. The molecule has 8 heteroatoms. The van der Waals surface area contributed by atoms with Crippen LogP contribution in [-0.2, 0) is 7.05 Å². The third kappa shape index (κ3) is 3.43. The average molecular weight is 373 g/mol. The van der Waals surface area contributed by atoms with E-state index in [1.165, 1.54) is 11.7 Å². The smallest absolute Gasteiger partial charge is 0.282 e. The van der Waals surface area contributed by atoms with Gasteiger partial charge in [-0.05, 0) is 49.9 Å². The highest BCUT2D eigenvalue weighted by Crippen LogP contribution is 2.31. The molecule has 4 rings (SSSR count). The zero-order valence-electron chi connectivity index (χ0n) is 15.0. The summed E-state index contributed by atoms with van der Waals surface area (Å²) in [5.41, 5.74) is 0.769. The molecule has 0 atom stereocenters. The lowest BCUT2D eigenvalue weighted by atomic mass is 9.91. The predicted octanol–water partition coefficient (Wildman–Crippen LogP) is 3.62. The number of fused-ring (bicyclic) bond motifs is 1. The number of halogens is 2. The van der Waals surface area contributed by atoms with Crippen LogP contribution in [0.3, 0.4) is 0 Å². The number of nitrogens with zero attached hydrogens (tertiary/aromatic N) is 4. The number of rotatable bonds is 4. The van der Waals surface area contributed by atoms with Crippen molar-refractivity contribution >= 4 is 16.9 Å². The lowest BCUT2D eigenvalue weighted by Gasteiger charge is -2.30. The van der Waals surface area contributed by atoms with Gasteiger partial charge in [0, 0.05) is 36.9 Å². The van der Waals surface area contributed by atoms with E-state index in [-0.39, 0.29) is 23.3 Å². The van der Waals surface area contributed by atoms with E-state index in [1.54, 1.807) is 6.20 Å². The minimum Gasteiger partial charge on any atom is -0.348 e. The van der Waals surface area contributed by atoms with Gasteiger partial charge in [-0.2, -0.15) is 5.10 Å². The van der Waals surface area contributed by atoms with Crippen molar-refractivity contribution in [3.63, 3.8) is 0 Å². The quantitative estimate of drug-likeness (QED) is 0.760. The van der Waals surface area contributed by atoms with Gasteiger partial charge in [-0.25, -0.2) is 13.8 Å². The zero-order valence-corrected chi connectivity index (χ0v) is 15.0. The number of carbonyl (C=O) groups excluding carboxylic acids is 1. The molecule has 0 saturated heterocycles. The third-order valence-electron chi connectivity index (χ3n) is 5.26. The Hall–Kier alpha value is -2.77. The number of amides is 1. The number of hydrogen-bond acceptors (Lipinski definition) is 3. The highest BCUT2D eigenvalue weighted by atomic mass is 19.3. The van der Waals surface area contributed by atoms with Crippen molar-refractivity contribution in [2.24, 2.45) is 7.05 Å². The van der Waals surface area contributed by atoms with Crippen LogP contribution < -0.4 is 5.32 Å². The molecule has 27 heavy (non-hydrogen) atoms. The standard InChI is InChI=1S/C19H21F2N5O/c1-25-16(11-15(24-25)17(20)21)19(27)23-13-4-6-14(7-5-13)26-10-8-12-3-2-9-22-18(12)26/h2-3,8-11,13-14,17H,4-7H2,1H3,(H,23,27). The van der Waals surface area contributed by atoms with Gasteiger partial charge in [0.2, 0.25) is 0 Å². The largest absolute Gasteiger partial charge is 0.348 e. The van der Waals surface area contributed by atoms with Crippen LogP contribution in [0.5, 0.6) is 0 Å². The number of alkyl halides is 2. The number of aryl methyl sites for hydroxylation is 1. The summed E-state index contributed by atoms with van der Waals surface area (Å²) in [6, 6.07) is 7.59. The second kappa shape index (κ2) is 7.09. The molecule has 142 valence electrons. The van der Waals surface area contributed by atoms with Crippen molar-refractivity contribution in [1.82, 2.24) is 24.6 Å². The lowest BCUT2D eigenvalue weighted by molar-refractivity contribution is 0.0913. The van der Waals surface area contributed by atoms with Crippen molar-refractivity contribution in [3.8, 4) is 0 Å². The highest BCUT2D eigenvalue weighted by molar-refractivity contribution is 5.92. The highest BCUT2D eigenvalue weighted by Gasteiger charge is 2.26. The van der Waals surface area contributed by atoms with E-state index in [4.69, 9.17) is 0 Å². The molecule has 3 aromatic heterocycles. The zero-order chi connectivity index (χ0) is 19.0. The van der Waals surface area contributed by atoms with Crippen molar-refractivity contribution in [2.45, 2.75) is 44.2 Å². The Labute approximate surface area is 155 Å². The molecule has 3 heterocycles. The second-order valence-corrected chi connectivity index (χ2v) is 7.00. The van der Waals surface area contributed by atoms with Crippen LogP contribution in [0.1, 0.15) is 54.3 Å². The minimum absolute atomic E-state index is 0.0356. The summed E-state index contributed by atoms with van der Waals surface area (Å²) in [5.74, 6) is -0.353. The molecular formula is C19H21F2N5O. The maximum Gasteiger partial charge on any atom is 0.282 e. The Kier molecular flexibility index (Phi) is 4.63. The van der Waals surface area contributed by atoms with E-state index in [9.17, 15) is 13.6 Å². The van der Waals surface area contributed by atoms with Gasteiger partial charge in [-0.1, -0.05) is 0 Å². The van der Waals surface area contributed by atoms with E-state index >= 15 is 0 Å². The van der Waals surface area contributed by atoms with Crippen LogP contribution >= 0.6 is 0 Å². The van der Waals surface area contributed by atoms with Crippen LogP contribution in [0, 0.1) is 0 Å². The molecule has 3 aromatic rings. The van der Waals surface area contributed by atoms with E-state index in [1.807, 2.05) is 12.1 Å². The SMILES string of the molecule is Cn1nc(C(F)F)cc1C(=O)NC1CCC(n2ccc3cccnc32)CC1. The minimum atomic E-state index is -2.68. The van der Waals surface area contributed by atoms with Crippen molar-refractivity contribution in [1.29, 1.82) is 0 Å². The molecule has 1 amide bonds. The maximum absolute atomic E-state index is 12.8. The number of aromatic nitrogens is 4.